The van der Waals surface area contributed by atoms with Crippen molar-refractivity contribution >= 4 is 23.3 Å². The topological polar surface area (TPSA) is 94.3 Å². The number of pyridine rings is 1. The van der Waals surface area contributed by atoms with Crippen LogP contribution in [0.5, 0.6) is 0 Å². The largest absolute Gasteiger partial charge is 0.462 e. The van der Waals surface area contributed by atoms with Gasteiger partial charge in [-0.2, -0.15) is 0 Å². The SMILES string of the molecule is CCOC(=O)c1cnccc1NC(=O)Cc1c(N)cccc1F. The number of anilines is 2. The number of esters is 1. The first-order chi connectivity index (χ1) is 11.0. The van der Waals surface area contributed by atoms with Crippen molar-refractivity contribution in [3.8, 4) is 0 Å². The number of hydrogen-bond donors (Lipinski definition) is 2. The molecule has 120 valence electrons. The summed E-state index contributed by atoms with van der Waals surface area (Å²) in [4.78, 5) is 27.8. The van der Waals surface area contributed by atoms with Gasteiger partial charge in [0.1, 0.15) is 11.4 Å². The smallest absolute Gasteiger partial charge is 0.341 e. The Hall–Kier alpha value is -2.96. The second-order valence-electron chi connectivity index (χ2n) is 4.67. The number of nitrogens with zero attached hydrogens (tertiary/aromatic N) is 1. The molecule has 7 heteroatoms. The van der Waals surface area contributed by atoms with Crippen LogP contribution in [0.4, 0.5) is 15.8 Å². The van der Waals surface area contributed by atoms with Crippen LogP contribution in [0.2, 0.25) is 0 Å². The van der Waals surface area contributed by atoms with Crippen molar-refractivity contribution in [3.05, 3.63) is 53.6 Å². The molecule has 0 atom stereocenters. The van der Waals surface area contributed by atoms with Gasteiger partial charge in [-0.1, -0.05) is 6.07 Å². The number of nitrogens with one attached hydrogen (secondary N) is 1. The van der Waals surface area contributed by atoms with Crippen molar-refractivity contribution in [3.63, 3.8) is 0 Å². The van der Waals surface area contributed by atoms with Gasteiger partial charge in [-0.15, -0.1) is 0 Å². The molecule has 0 aliphatic heterocycles. The third kappa shape index (κ3) is 4.03. The van der Waals surface area contributed by atoms with Crippen LogP contribution in [0.25, 0.3) is 0 Å². The van der Waals surface area contributed by atoms with E-state index in [1.807, 2.05) is 0 Å². The van der Waals surface area contributed by atoms with E-state index in [-0.39, 0.29) is 35.5 Å². The third-order valence-electron chi connectivity index (χ3n) is 3.08. The minimum Gasteiger partial charge on any atom is -0.462 e. The van der Waals surface area contributed by atoms with Gasteiger partial charge in [0.2, 0.25) is 5.91 Å². The van der Waals surface area contributed by atoms with E-state index in [4.69, 9.17) is 10.5 Å². The fraction of sp³-hybridized carbons (Fsp3) is 0.188. The molecule has 1 aromatic carbocycles. The average molecular weight is 317 g/mol. The molecular formula is C16H16FN3O3. The van der Waals surface area contributed by atoms with Gasteiger partial charge < -0.3 is 15.8 Å². The van der Waals surface area contributed by atoms with E-state index >= 15 is 0 Å². The Labute approximate surface area is 132 Å². The maximum atomic E-state index is 13.7. The average Bonchev–Trinajstić information content (AvgIpc) is 2.52. The van der Waals surface area contributed by atoms with Crippen LogP contribution < -0.4 is 11.1 Å². The molecule has 2 aromatic rings. The summed E-state index contributed by atoms with van der Waals surface area (Å²) in [6, 6.07) is 5.68. The Bertz CT molecular complexity index is 714. The van der Waals surface area contributed by atoms with E-state index in [1.54, 1.807) is 6.92 Å². The predicted octanol–water partition coefficient (Wildman–Crippen LogP) is 2.16. The van der Waals surface area contributed by atoms with Gasteiger partial charge in [0.05, 0.1) is 18.7 Å². The fourth-order valence-corrected chi connectivity index (χ4v) is 1.99. The van der Waals surface area contributed by atoms with E-state index in [9.17, 15) is 14.0 Å². The normalized spacial score (nSPS) is 10.2. The zero-order valence-electron chi connectivity index (χ0n) is 12.5. The highest BCUT2D eigenvalue weighted by Crippen LogP contribution is 2.19. The highest BCUT2D eigenvalue weighted by atomic mass is 19.1. The van der Waals surface area contributed by atoms with E-state index < -0.39 is 17.7 Å². The first kappa shape index (κ1) is 16.4. The molecule has 2 rings (SSSR count). The molecule has 1 heterocycles. The van der Waals surface area contributed by atoms with Gasteiger partial charge in [0.15, 0.2) is 0 Å². The lowest BCUT2D eigenvalue weighted by Gasteiger charge is -2.11. The highest BCUT2D eigenvalue weighted by molar-refractivity contribution is 6.01. The Morgan fingerprint density at radius 3 is 2.83 bits per heavy atom. The molecule has 6 nitrogen and oxygen atoms in total. The number of benzene rings is 1. The molecule has 23 heavy (non-hydrogen) atoms. The standard InChI is InChI=1S/C16H16FN3O3/c1-2-23-16(22)11-9-19-7-6-14(11)20-15(21)8-10-12(17)4-3-5-13(10)18/h3-7,9H,2,8,18H2,1H3,(H,19,20,21). The third-order valence-corrected chi connectivity index (χ3v) is 3.08. The van der Waals surface area contributed by atoms with Crippen molar-refractivity contribution in [1.29, 1.82) is 0 Å². The van der Waals surface area contributed by atoms with Crippen LogP contribution in [0.3, 0.4) is 0 Å². The maximum absolute atomic E-state index is 13.7. The Kier molecular flexibility index (Phi) is 5.24. The van der Waals surface area contributed by atoms with Crippen molar-refractivity contribution < 1.29 is 18.7 Å². The number of nitrogen functional groups attached to an aromatic ring is 1. The fourth-order valence-electron chi connectivity index (χ4n) is 1.99. The highest BCUT2D eigenvalue weighted by Gasteiger charge is 2.16. The quantitative estimate of drug-likeness (QED) is 0.651. The summed E-state index contributed by atoms with van der Waals surface area (Å²) in [5, 5.41) is 2.55. The molecule has 0 aliphatic carbocycles. The number of rotatable bonds is 5. The molecular weight excluding hydrogens is 301 g/mol. The maximum Gasteiger partial charge on any atom is 0.341 e. The van der Waals surface area contributed by atoms with E-state index in [0.29, 0.717) is 0 Å². The second kappa shape index (κ2) is 7.35. The summed E-state index contributed by atoms with van der Waals surface area (Å²) in [7, 11) is 0. The van der Waals surface area contributed by atoms with Gasteiger partial charge >= 0.3 is 5.97 Å². The van der Waals surface area contributed by atoms with Crippen molar-refractivity contribution in [2.24, 2.45) is 0 Å². The number of nitrogens with two attached hydrogens (primary N) is 1. The van der Waals surface area contributed by atoms with Crippen LogP contribution in [0, 0.1) is 5.82 Å². The molecule has 0 radical (unpaired) electrons. The molecule has 0 unspecified atom stereocenters. The van der Waals surface area contributed by atoms with Crippen LogP contribution in [-0.2, 0) is 16.0 Å². The van der Waals surface area contributed by atoms with Gasteiger partial charge in [0, 0.05) is 23.6 Å². The monoisotopic (exact) mass is 317 g/mol. The summed E-state index contributed by atoms with van der Waals surface area (Å²) >= 11 is 0. The lowest BCUT2D eigenvalue weighted by molar-refractivity contribution is -0.115. The Morgan fingerprint density at radius 1 is 1.35 bits per heavy atom. The molecule has 1 aromatic heterocycles. The molecule has 0 bridgehead atoms. The van der Waals surface area contributed by atoms with Crippen LogP contribution in [-0.4, -0.2) is 23.5 Å². The van der Waals surface area contributed by atoms with Crippen LogP contribution >= 0.6 is 0 Å². The molecule has 0 saturated heterocycles. The lowest BCUT2D eigenvalue weighted by Crippen LogP contribution is -2.19. The summed E-state index contributed by atoms with van der Waals surface area (Å²) in [6.07, 6.45) is 2.48. The molecule has 0 saturated carbocycles. The molecule has 1 amide bonds. The van der Waals surface area contributed by atoms with E-state index in [0.717, 1.165) is 0 Å². The number of ether oxygens (including phenoxy) is 1. The van der Waals surface area contributed by atoms with Gasteiger partial charge in [-0.25, -0.2) is 9.18 Å². The summed E-state index contributed by atoms with van der Waals surface area (Å²) in [5.74, 6) is -1.65. The number of aromatic nitrogens is 1. The number of carbonyl (C=O) groups is 2. The van der Waals surface area contributed by atoms with Crippen molar-refractivity contribution in [1.82, 2.24) is 4.98 Å². The van der Waals surface area contributed by atoms with Gasteiger partial charge in [0.25, 0.3) is 0 Å². The molecule has 0 spiro atoms. The summed E-state index contributed by atoms with van der Waals surface area (Å²) in [6.45, 7) is 1.88. The van der Waals surface area contributed by atoms with E-state index in [1.165, 1.54) is 36.7 Å². The Balaban J connectivity index is 2.16. The van der Waals surface area contributed by atoms with Crippen LogP contribution in [0.1, 0.15) is 22.8 Å². The summed E-state index contributed by atoms with van der Waals surface area (Å²) < 4.78 is 18.6. The first-order valence-electron chi connectivity index (χ1n) is 6.96. The van der Waals surface area contributed by atoms with Crippen molar-refractivity contribution in [2.75, 3.05) is 17.7 Å². The van der Waals surface area contributed by atoms with Crippen molar-refractivity contribution in [2.45, 2.75) is 13.3 Å². The second-order valence-corrected chi connectivity index (χ2v) is 4.67. The van der Waals surface area contributed by atoms with Crippen LogP contribution in [0.15, 0.2) is 36.7 Å². The number of carbonyl (C=O) groups excluding carboxylic acids is 2. The summed E-state index contributed by atoms with van der Waals surface area (Å²) in [5.41, 5.74) is 6.36. The zero-order chi connectivity index (χ0) is 16.8. The minimum absolute atomic E-state index is 0.108. The van der Waals surface area contributed by atoms with Gasteiger partial charge in [-0.05, 0) is 25.1 Å². The molecule has 0 aliphatic rings. The van der Waals surface area contributed by atoms with Gasteiger partial charge in [-0.3, -0.25) is 9.78 Å². The molecule has 3 N–H and O–H groups in total. The first-order valence-corrected chi connectivity index (χ1v) is 6.96. The number of hydrogen-bond acceptors (Lipinski definition) is 5. The van der Waals surface area contributed by atoms with E-state index in [2.05, 4.69) is 10.3 Å². The molecule has 0 fully saturated rings. The zero-order valence-corrected chi connectivity index (χ0v) is 12.5. The predicted molar refractivity (Wildman–Crippen MR) is 83.3 cm³/mol. The Morgan fingerprint density at radius 2 is 2.13 bits per heavy atom. The minimum atomic E-state index is -0.596. The number of halogens is 1. The lowest BCUT2D eigenvalue weighted by atomic mass is 10.1. The number of amides is 1.